The van der Waals surface area contributed by atoms with Gasteiger partial charge in [-0.25, -0.2) is 0 Å². The Balaban J connectivity index is 2.21. The highest BCUT2D eigenvalue weighted by Crippen LogP contribution is 2.20. The topological polar surface area (TPSA) is 83.7 Å². The van der Waals surface area contributed by atoms with Crippen LogP contribution >= 0.6 is 0 Å². The first kappa shape index (κ1) is 13.5. The van der Waals surface area contributed by atoms with Gasteiger partial charge in [0, 0.05) is 30.8 Å². The van der Waals surface area contributed by atoms with Crippen molar-refractivity contribution in [3.05, 3.63) is 39.4 Å². The SMILES string of the molecule is Cc1cc([N+](=O)[O-])ccc1C(=O)N1CCC[C@H](O)C1. The van der Waals surface area contributed by atoms with Gasteiger partial charge in [0.25, 0.3) is 11.6 Å². The molecular formula is C13H16N2O4. The van der Waals surface area contributed by atoms with E-state index in [1.54, 1.807) is 11.8 Å². The maximum absolute atomic E-state index is 12.3. The number of amides is 1. The number of nitro benzene ring substituents is 1. The van der Waals surface area contributed by atoms with E-state index in [0.717, 1.165) is 6.42 Å². The molecule has 0 bridgehead atoms. The molecule has 0 saturated carbocycles. The van der Waals surface area contributed by atoms with Crippen LogP contribution in [0.25, 0.3) is 0 Å². The fourth-order valence-electron chi connectivity index (χ4n) is 2.31. The normalized spacial score (nSPS) is 19.3. The van der Waals surface area contributed by atoms with E-state index in [4.69, 9.17) is 0 Å². The van der Waals surface area contributed by atoms with E-state index >= 15 is 0 Å². The molecule has 1 aromatic carbocycles. The first-order valence-corrected chi connectivity index (χ1v) is 6.21. The number of likely N-dealkylation sites (tertiary alicyclic amines) is 1. The van der Waals surface area contributed by atoms with E-state index in [2.05, 4.69) is 0 Å². The lowest BCUT2D eigenvalue weighted by molar-refractivity contribution is -0.384. The van der Waals surface area contributed by atoms with Gasteiger partial charge in [-0.3, -0.25) is 14.9 Å². The first-order valence-electron chi connectivity index (χ1n) is 6.21. The number of hydrogen-bond acceptors (Lipinski definition) is 4. The van der Waals surface area contributed by atoms with Crippen LogP contribution < -0.4 is 0 Å². The van der Waals surface area contributed by atoms with Crippen LogP contribution in [-0.4, -0.2) is 40.0 Å². The van der Waals surface area contributed by atoms with Crippen LogP contribution in [0.1, 0.15) is 28.8 Å². The predicted molar refractivity (Wildman–Crippen MR) is 69.0 cm³/mol. The number of carbonyl (C=O) groups excluding carboxylic acids is 1. The smallest absolute Gasteiger partial charge is 0.269 e. The second kappa shape index (κ2) is 5.36. The van der Waals surface area contributed by atoms with E-state index in [0.29, 0.717) is 30.6 Å². The Bertz CT molecular complexity index is 515. The summed E-state index contributed by atoms with van der Waals surface area (Å²) in [4.78, 5) is 24.1. The number of rotatable bonds is 2. The van der Waals surface area contributed by atoms with Crippen molar-refractivity contribution in [2.24, 2.45) is 0 Å². The molecule has 0 unspecified atom stereocenters. The van der Waals surface area contributed by atoms with Crippen LogP contribution in [0.2, 0.25) is 0 Å². The predicted octanol–water partition coefficient (Wildman–Crippen LogP) is 1.50. The molecule has 1 aromatic rings. The molecule has 1 amide bonds. The summed E-state index contributed by atoms with van der Waals surface area (Å²) in [5, 5.41) is 20.2. The van der Waals surface area contributed by atoms with E-state index in [-0.39, 0.29) is 11.6 Å². The number of aryl methyl sites for hydroxylation is 1. The highest BCUT2D eigenvalue weighted by Gasteiger charge is 2.24. The Morgan fingerprint density at radius 3 is 2.84 bits per heavy atom. The lowest BCUT2D eigenvalue weighted by Gasteiger charge is -2.30. The van der Waals surface area contributed by atoms with E-state index in [9.17, 15) is 20.0 Å². The molecule has 1 heterocycles. The maximum Gasteiger partial charge on any atom is 0.269 e. The quantitative estimate of drug-likeness (QED) is 0.648. The molecule has 19 heavy (non-hydrogen) atoms. The fourth-order valence-corrected chi connectivity index (χ4v) is 2.31. The summed E-state index contributed by atoms with van der Waals surface area (Å²) in [6, 6.07) is 4.21. The van der Waals surface area contributed by atoms with Gasteiger partial charge in [-0.05, 0) is 31.4 Å². The summed E-state index contributed by atoms with van der Waals surface area (Å²) in [6.07, 6.45) is 1.01. The Labute approximate surface area is 110 Å². The number of carbonyl (C=O) groups is 1. The van der Waals surface area contributed by atoms with Crippen molar-refractivity contribution in [2.45, 2.75) is 25.9 Å². The lowest BCUT2D eigenvalue weighted by atomic mass is 10.0. The van der Waals surface area contributed by atoms with Gasteiger partial charge in [-0.15, -0.1) is 0 Å². The van der Waals surface area contributed by atoms with Gasteiger partial charge in [-0.2, -0.15) is 0 Å². The van der Waals surface area contributed by atoms with Gasteiger partial charge in [0.2, 0.25) is 0 Å². The molecule has 1 aliphatic heterocycles. The Morgan fingerprint density at radius 2 is 2.26 bits per heavy atom. The van der Waals surface area contributed by atoms with E-state index < -0.39 is 11.0 Å². The highest BCUT2D eigenvalue weighted by atomic mass is 16.6. The number of piperidine rings is 1. The Kier molecular flexibility index (Phi) is 3.80. The summed E-state index contributed by atoms with van der Waals surface area (Å²) < 4.78 is 0. The summed E-state index contributed by atoms with van der Waals surface area (Å²) >= 11 is 0. The van der Waals surface area contributed by atoms with Crippen LogP contribution in [-0.2, 0) is 0 Å². The van der Waals surface area contributed by atoms with Gasteiger partial charge in [0.1, 0.15) is 0 Å². The van der Waals surface area contributed by atoms with Crippen molar-refractivity contribution in [2.75, 3.05) is 13.1 Å². The second-order valence-electron chi connectivity index (χ2n) is 4.80. The molecule has 0 spiro atoms. The van der Waals surface area contributed by atoms with Gasteiger partial charge < -0.3 is 10.0 Å². The van der Waals surface area contributed by atoms with Gasteiger partial charge in [0.15, 0.2) is 0 Å². The third-order valence-corrected chi connectivity index (χ3v) is 3.33. The molecule has 0 aromatic heterocycles. The summed E-state index contributed by atoms with van der Waals surface area (Å²) in [7, 11) is 0. The lowest BCUT2D eigenvalue weighted by Crippen LogP contribution is -2.42. The van der Waals surface area contributed by atoms with Gasteiger partial charge in [-0.1, -0.05) is 0 Å². The van der Waals surface area contributed by atoms with Crippen molar-refractivity contribution >= 4 is 11.6 Å². The number of hydrogen-bond donors (Lipinski definition) is 1. The van der Waals surface area contributed by atoms with Crippen LogP contribution in [0.5, 0.6) is 0 Å². The third-order valence-electron chi connectivity index (χ3n) is 3.33. The zero-order chi connectivity index (χ0) is 14.0. The molecule has 1 fully saturated rings. The monoisotopic (exact) mass is 264 g/mol. The number of nitrogens with zero attached hydrogens (tertiary/aromatic N) is 2. The zero-order valence-electron chi connectivity index (χ0n) is 10.7. The van der Waals surface area contributed by atoms with Gasteiger partial charge >= 0.3 is 0 Å². The Hall–Kier alpha value is -1.95. The molecule has 102 valence electrons. The molecule has 1 atom stereocenters. The Morgan fingerprint density at radius 1 is 1.53 bits per heavy atom. The zero-order valence-corrected chi connectivity index (χ0v) is 10.7. The molecular weight excluding hydrogens is 248 g/mol. The maximum atomic E-state index is 12.3. The van der Waals surface area contributed by atoms with E-state index in [1.807, 2.05) is 0 Å². The highest BCUT2D eigenvalue weighted by molar-refractivity contribution is 5.96. The number of benzene rings is 1. The minimum atomic E-state index is -0.480. The number of aliphatic hydroxyl groups is 1. The number of aliphatic hydroxyl groups excluding tert-OH is 1. The van der Waals surface area contributed by atoms with Crippen LogP contribution in [0.15, 0.2) is 18.2 Å². The second-order valence-corrected chi connectivity index (χ2v) is 4.80. The number of β-amino-alcohol motifs (C(OH)–C–C–N with tert-alkyl or cyclic N) is 1. The minimum Gasteiger partial charge on any atom is -0.391 e. The van der Waals surface area contributed by atoms with E-state index in [1.165, 1.54) is 18.2 Å². The molecule has 0 radical (unpaired) electrons. The molecule has 2 rings (SSSR count). The molecule has 6 nitrogen and oxygen atoms in total. The summed E-state index contributed by atoms with van der Waals surface area (Å²) in [6.45, 7) is 2.63. The van der Waals surface area contributed by atoms with Crippen molar-refractivity contribution in [3.63, 3.8) is 0 Å². The summed E-state index contributed by atoms with van der Waals surface area (Å²) in [5.41, 5.74) is 1.02. The van der Waals surface area contributed by atoms with Crippen LogP contribution in [0.4, 0.5) is 5.69 Å². The largest absolute Gasteiger partial charge is 0.391 e. The summed E-state index contributed by atoms with van der Waals surface area (Å²) in [5.74, 6) is -0.175. The van der Waals surface area contributed by atoms with Crippen LogP contribution in [0.3, 0.4) is 0 Å². The van der Waals surface area contributed by atoms with Crippen molar-refractivity contribution in [1.82, 2.24) is 4.90 Å². The molecule has 0 aliphatic carbocycles. The van der Waals surface area contributed by atoms with Crippen molar-refractivity contribution in [1.29, 1.82) is 0 Å². The number of non-ortho nitro benzene ring substituents is 1. The van der Waals surface area contributed by atoms with Gasteiger partial charge in [0.05, 0.1) is 11.0 Å². The van der Waals surface area contributed by atoms with Crippen molar-refractivity contribution < 1.29 is 14.8 Å². The molecule has 1 aliphatic rings. The average Bonchev–Trinajstić information content (AvgIpc) is 2.37. The third kappa shape index (κ3) is 2.90. The molecule has 1 N–H and O–H groups in total. The standard InChI is InChI=1S/C13H16N2O4/c1-9-7-10(15(18)19)4-5-12(9)13(17)14-6-2-3-11(16)8-14/h4-5,7,11,16H,2-3,6,8H2,1H3/t11-/m0/s1. The average molecular weight is 264 g/mol. The minimum absolute atomic E-state index is 0.0206. The number of nitro groups is 1. The van der Waals surface area contributed by atoms with Crippen LogP contribution in [0, 0.1) is 17.0 Å². The first-order chi connectivity index (χ1) is 8.99. The van der Waals surface area contributed by atoms with Crippen molar-refractivity contribution in [3.8, 4) is 0 Å². The molecule has 6 heteroatoms. The fraction of sp³-hybridized carbons (Fsp3) is 0.462. The molecule has 1 saturated heterocycles.